The van der Waals surface area contributed by atoms with Gasteiger partial charge in [0.1, 0.15) is 0 Å². The van der Waals surface area contributed by atoms with E-state index in [9.17, 15) is 9.59 Å². The summed E-state index contributed by atoms with van der Waals surface area (Å²) < 4.78 is 0. The number of hydrogen-bond acceptors (Lipinski definition) is 2. The minimum atomic E-state index is -0.177. The summed E-state index contributed by atoms with van der Waals surface area (Å²) in [6.07, 6.45) is 1.82. The van der Waals surface area contributed by atoms with Gasteiger partial charge in [0.2, 0.25) is 0 Å². The number of benzene rings is 2. The van der Waals surface area contributed by atoms with Gasteiger partial charge in [0.15, 0.2) is 11.6 Å². The van der Waals surface area contributed by atoms with Crippen LogP contribution in [0.5, 0.6) is 0 Å². The molecular weight excluding hydrogens is 284 g/mol. The van der Waals surface area contributed by atoms with E-state index in [0.717, 1.165) is 24.0 Å². The zero-order valence-electron chi connectivity index (χ0n) is 13.9. The van der Waals surface area contributed by atoms with Crippen molar-refractivity contribution in [3.63, 3.8) is 0 Å². The lowest BCUT2D eigenvalue weighted by Crippen LogP contribution is -2.18. The number of carbonyl (C=O) groups excluding carboxylic acids is 2. The van der Waals surface area contributed by atoms with Crippen LogP contribution in [-0.2, 0) is 12.8 Å². The summed E-state index contributed by atoms with van der Waals surface area (Å²) in [5.74, 6) is 0.797. The monoisotopic (exact) mass is 306 g/mol. The molecule has 0 spiro atoms. The lowest BCUT2D eigenvalue weighted by molar-refractivity contribution is 0.0863. The molecule has 2 aromatic rings. The highest BCUT2D eigenvalue weighted by Gasteiger charge is 2.36. The molecule has 0 bridgehead atoms. The molecule has 0 amide bonds. The molecule has 0 fully saturated rings. The first-order valence-corrected chi connectivity index (χ1v) is 8.15. The first kappa shape index (κ1) is 15.7. The van der Waals surface area contributed by atoms with Crippen LogP contribution in [0.25, 0.3) is 0 Å². The van der Waals surface area contributed by atoms with Gasteiger partial charge in [0, 0.05) is 22.5 Å². The molecule has 23 heavy (non-hydrogen) atoms. The quantitative estimate of drug-likeness (QED) is 0.717. The second kappa shape index (κ2) is 5.77. The fourth-order valence-corrected chi connectivity index (χ4v) is 3.44. The van der Waals surface area contributed by atoms with Crippen LogP contribution in [-0.4, -0.2) is 11.6 Å². The van der Waals surface area contributed by atoms with Crippen LogP contribution in [0.4, 0.5) is 0 Å². The highest BCUT2D eigenvalue weighted by atomic mass is 16.1. The molecule has 2 nitrogen and oxygen atoms in total. The molecule has 2 aliphatic rings. The molecule has 118 valence electrons. The summed E-state index contributed by atoms with van der Waals surface area (Å²) in [5.41, 5.74) is 4.09. The van der Waals surface area contributed by atoms with Crippen molar-refractivity contribution in [2.24, 2.45) is 11.3 Å². The largest absolute Gasteiger partial charge is 0.294 e. The predicted molar refractivity (Wildman–Crippen MR) is 91.9 cm³/mol. The molecule has 0 radical (unpaired) electrons. The third-order valence-corrected chi connectivity index (χ3v) is 4.77. The standard InChI is InChI=1S/C11H12O.C10H10O/c1-11(2)7-8-5-3-4-6-9(8)10(11)12;1-7-6-8-4-2-3-5-9(8)10(7)11/h3-6H,7H2,1-2H3;2-5,7H,6H2,1H3. The van der Waals surface area contributed by atoms with Crippen molar-refractivity contribution in [1.29, 1.82) is 0 Å². The maximum Gasteiger partial charge on any atom is 0.169 e. The molecule has 1 atom stereocenters. The van der Waals surface area contributed by atoms with E-state index >= 15 is 0 Å². The van der Waals surface area contributed by atoms with Crippen molar-refractivity contribution in [1.82, 2.24) is 0 Å². The predicted octanol–water partition coefficient (Wildman–Crippen LogP) is 4.51. The Morgan fingerprint density at radius 1 is 0.870 bits per heavy atom. The van der Waals surface area contributed by atoms with Crippen molar-refractivity contribution in [3.8, 4) is 0 Å². The number of fused-ring (bicyclic) bond motifs is 2. The van der Waals surface area contributed by atoms with E-state index in [1.807, 2.05) is 69.3 Å². The molecule has 2 aliphatic carbocycles. The van der Waals surface area contributed by atoms with Crippen molar-refractivity contribution >= 4 is 11.6 Å². The summed E-state index contributed by atoms with van der Waals surface area (Å²) in [5, 5.41) is 0. The lowest BCUT2D eigenvalue weighted by atomic mass is 9.89. The third kappa shape index (κ3) is 2.86. The average Bonchev–Trinajstić information content (AvgIpc) is 2.95. The van der Waals surface area contributed by atoms with Crippen LogP contribution in [0.3, 0.4) is 0 Å². The number of rotatable bonds is 0. The Morgan fingerprint density at radius 3 is 2.04 bits per heavy atom. The van der Waals surface area contributed by atoms with E-state index in [0.29, 0.717) is 5.78 Å². The molecule has 2 aromatic carbocycles. The minimum absolute atomic E-state index is 0.177. The minimum Gasteiger partial charge on any atom is -0.294 e. The van der Waals surface area contributed by atoms with Gasteiger partial charge < -0.3 is 0 Å². The molecule has 4 rings (SSSR count). The van der Waals surface area contributed by atoms with E-state index < -0.39 is 0 Å². The smallest absolute Gasteiger partial charge is 0.169 e. The van der Waals surface area contributed by atoms with Crippen LogP contribution in [0, 0.1) is 11.3 Å². The van der Waals surface area contributed by atoms with Gasteiger partial charge in [-0.3, -0.25) is 9.59 Å². The summed E-state index contributed by atoms with van der Waals surface area (Å²) in [7, 11) is 0. The van der Waals surface area contributed by atoms with Crippen LogP contribution >= 0.6 is 0 Å². The highest BCUT2D eigenvalue weighted by molar-refractivity contribution is 6.04. The molecule has 1 unspecified atom stereocenters. The number of carbonyl (C=O) groups is 2. The van der Waals surface area contributed by atoms with Gasteiger partial charge in [-0.15, -0.1) is 0 Å². The Morgan fingerprint density at radius 2 is 1.43 bits per heavy atom. The summed E-state index contributed by atoms with van der Waals surface area (Å²) in [6, 6.07) is 15.8. The van der Waals surface area contributed by atoms with Gasteiger partial charge in [-0.2, -0.15) is 0 Å². The number of ketones is 2. The molecule has 0 saturated heterocycles. The average molecular weight is 306 g/mol. The zero-order valence-corrected chi connectivity index (χ0v) is 13.9. The maximum absolute atomic E-state index is 11.7. The molecule has 0 aliphatic heterocycles. The van der Waals surface area contributed by atoms with Crippen molar-refractivity contribution in [2.45, 2.75) is 33.6 Å². The first-order chi connectivity index (χ1) is 10.9. The normalized spacial score (nSPS) is 20.6. The summed E-state index contributed by atoms with van der Waals surface area (Å²) in [4.78, 5) is 23.1. The Hall–Kier alpha value is -2.22. The van der Waals surface area contributed by atoms with Gasteiger partial charge >= 0.3 is 0 Å². The topological polar surface area (TPSA) is 34.1 Å². The summed E-state index contributed by atoms with van der Waals surface area (Å²) in [6.45, 7) is 6.01. The van der Waals surface area contributed by atoms with Crippen LogP contribution < -0.4 is 0 Å². The number of Topliss-reactive ketones (excluding diaryl/α,β-unsaturated/α-hetero) is 2. The van der Waals surface area contributed by atoms with Gasteiger partial charge in [0.25, 0.3) is 0 Å². The Labute approximate surface area is 137 Å². The number of hydrogen-bond donors (Lipinski definition) is 0. The van der Waals surface area contributed by atoms with E-state index in [1.54, 1.807) is 0 Å². The Kier molecular flexibility index (Phi) is 3.93. The van der Waals surface area contributed by atoms with Gasteiger partial charge in [-0.05, 0) is 24.0 Å². The lowest BCUT2D eigenvalue weighted by Gasteiger charge is -2.12. The second-order valence-corrected chi connectivity index (χ2v) is 7.17. The van der Waals surface area contributed by atoms with Crippen LogP contribution in [0.1, 0.15) is 52.6 Å². The van der Waals surface area contributed by atoms with Gasteiger partial charge in [0.05, 0.1) is 0 Å². The fraction of sp³-hybridized carbons (Fsp3) is 0.333. The molecule has 0 N–H and O–H groups in total. The van der Waals surface area contributed by atoms with Gasteiger partial charge in [-0.1, -0.05) is 69.3 Å². The van der Waals surface area contributed by atoms with E-state index in [4.69, 9.17) is 0 Å². The second-order valence-electron chi connectivity index (χ2n) is 7.17. The zero-order chi connectivity index (χ0) is 16.6. The molecule has 0 saturated carbocycles. The van der Waals surface area contributed by atoms with E-state index in [1.165, 1.54) is 11.1 Å². The first-order valence-electron chi connectivity index (χ1n) is 8.15. The molecule has 0 heterocycles. The van der Waals surface area contributed by atoms with Gasteiger partial charge in [-0.25, -0.2) is 0 Å². The molecule has 2 heteroatoms. The maximum atomic E-state index is 11.7. The Bertz CT molecular complexity index is 771. The van der Waals surface area contributed by atoms with E-state index in [-0.39, 0.29) is 17.1 Å². The van der Waals surface area contributed by atoms with Crippen molar-refractivity contribution in [3.05, 3.63) is 70.8 Å². The highest BCUT2D eigenvalue weighted by Crippen LogP contribution is 2.35. The van der Waals surface area contributed by atoms with Crippen molar-refractivity contribution < 1.29 is 9.59 Å². The third-order valence-electron chi connectivity index (χ3n) is 4.77. The fourth-order valence-electron chi connectivity index (χ4n) is 3.44. The van der Waals surface area contributed by atoms with E-state index in [2.05, 4.69) is 0 Å². The Balaban J connectivity index is 0.000000136. The SMILES string of the molecule is CC1(C)Cc2ccccc2C1=O.CC1Cc2ccccc2C1=O. The molecule has 0 aromatic heterocycles. The molecular formula is C21H22O2. The van der Waals surface area contributed by atoms with Crippen LogP contribution in [0.15, 0.2) is 48.5 Å². The summed E-state index contributed by atoms with van der Waals surface area (Å²) >= 11 is 0. The van der Waals surface area contributed by atoms with Crippen molar-refractivity contribution in [2.75, 3.05) is 0 Å². The van der Waals surface area contributed by atoms with Crippen LogP contribution in [0.2, 0.25) is 0 Å².